The summed E-state index contributed by atoms with van der Waals surface area (Å²) in [6.45, 7) is 34.8. The molecule has 3 heterocycles. The van der Waals surface area contributed by atoms with Crippen molar-refractivity contribution < 1.29 is 25.8 Å². The fourth-order valence-corrected chi connectivity index (χ4v) is 14.8. The summed E-state index contributed by atoms with van der Waals surface area (Å²) in [5, 5.41) is 2.40. The second-order valence-corrected chi connectivity index (χ2v) is 30.2. The van der Waals surface area contributed by atoms with Gasteiger partial charge in [-0.3, -0.25) is 0 Å². The quantitative estimate of drug-likeness (QED) is 0.142. The molecule has 0 fully saturated rings. The first kappa shape index (κ1) is 60.8. The minimum absolute atomic E-state index is 0. The molecule has 10 aromatic carbocycles. The average molecular weight is 1380 g/mol. The fourth-order valence-electron chi connectivity index (χ4n) is 14.8. The summed E-state index contributed by atoms with van der Waals surface area (Å²) >= 11 is 0. The van der Waals surface area contributed by atoms with Crippen molar-refractivity contribution in [2.24, 2.45) is 0 Å². The van der Waals surface area contributed by atoms with E-state index in [1.54, 1.807) is 0 Å². The summed E-state index contributed by atoms with van der Waals surface area (Å²) in [5.74, 6) is 2.04. The van der Waals surface area contributed by atoms with Crippen LogP contribution in [-0.2, 0) is 53.6 Å². The molecule has 2 aliphatic carbocycles. The summed E-state index contributed by atoms with van der Waals surface area (Å²) in [7, 11) is 0. The van der Waals surface area contributed by atoms with Crippen LogP contribution in [0, 0.1) is 18.8 Å². The van der Waals surface area contributed by atoms with Crippen LogP contribution < -0.4 is 14.5 Å². The maximum Gasteiger partial charge on any atom is 0.135 e. The van der Waals surface area contributed by atoms with Gasteiger partial charge in [0, 0.05) is 83.3 Å². The van der Waals surface area contributed by atoms with Gasteiger partial charge in [0.2, 0.25) is 0 Å². The van der Waals surface area contributed by atoms with Crippen molar-refractivity contribution in [1.29, 1.82) is 0 Å². The van der Waals surface area contributed by atoms with Gasteiger partial charge in [0.15, 0.2) is 0 Å². The predicted octanol–water partition coefficient (Wildman–Crippen LogP) is 22.5. The minimum Gasteiger partial charge on any atom is -0.509 e. The van der Waals surface area contributed by atoms with E-state index in [4.69, 9.17) is 9.72 Å². The first-order valence-electron chi connectivity index (χ1n) is 32.3. The third-order valence-electron chi connectivity index (χ3n) is 19.8. The van der Waals surface area contributed by atoms with E-state index in [9.17, 15) is 0 Å². The smallest absolute Gasteiger partial charge is 0.135 e. The van der Waals surface area contributed by atoms with Crippen molar-refractivity contribution in [3.63, 3.8) is 0 Å². The molecule has 0 saturated heterocycles. The molecule has 462 valence electrons. The standard InChI is InChI=1S/C86H79N4O.Pt/c1-81(2,3)58-42-43-87-77(49-58)90-75-37-25-34-71-78(75)79-72(86(71)69-32-20-18-30-67(69)85(13,14)68-31-19-21-33-70(68)86)51-64(52-76(79)90)91-63-29-24-28-62(50-63)88-53-89(74-36-23-22-35-73(74)88)80-65(56-40-38-55(39-41-56)54-26-16-15-17-27-54)47-61(84(10,11)12)48-66(80)57-44-59(82(4,5)6)46-60(45-57)83(7,8)9;/h15-49,51,53H,1-14H3;/q-3;. The van der Waals surface area contributed by atoms with Crippen LogP contribution in [0.2, 0.25) is 0 Å². The summed E-state index contributed by atoms with van der Waals surface area (Å²) in [5.41, 5.74) is 24.6. The van der Waals surface area contributed by atoms with Gasteiger partial charge < -0.3 is 19.1 Å². The Morgan fingerprint density at radius 1 is 0.413 bits per heavy atom. The van der Waals surface area contributed by atoms with Gasteiger partial charge in [-0.05, 0) is 142 Å². The molecule has 3 aliphatic rings. The van der Waals surface area contributed by atoms with Crippen molar-refractivity contribution >= 4 is 44.6 Å². The Kier molecular flexibility index (Phi) is 14.3. The van der Waals surface area contributed by atoms with Crippen LogP contribution in [0.3, 0.4) is 0 Å². The Hall–Kier alpha value is -8.76. The van der Waals surface area contributed by atoms with Crippen molar-refractivity contribution in [1.82, 2.24) is 9.55 Å². The van der Waals surface area contributed by atoms with Crippen molar-refractivity contribution in [2.45, 2.75) is 129 Å². The Balaban J connectivity index is 0.00000735. The number of anilines is 4. The second-order valence-electron chi connectivity index (χ2n) is 30.2. The Morgan fingerprint density at radius 3 is 1.55 bits per heavy atom. The summed E-state index contributed by atoms with van der Waals surface area (Å²) in [4.78, 5) is 9.85. The Bertz CT molecular complexity index is 4820. The maximum absolute atomic E-state index is 7.35. The van der Waals surface area contributed by atoms with Crippen LogP contribution >= 0.6 is 0 Å². The van der Waals surface area contributed by atoms with Crippen LogP contribution in [0.1, 0.15) is 153 Å². The predicted molar refractivity (Wildman–Crippen MR) is 379 cm³/mol. The van der Waals surface area contributed by atoms with E-state index in [2.05, 4.69) is 336 Å². The molecule has 1 aliphatic heterocycles. The van der Waals surface area contributed by atoms with Gasteiger partial charge in [0.05, 0.1) is 0 Å². The van der Waals surface area contributed by atoms with E-state index in [0.717, 1.165) is 50.7 Å². The number of para-hydroxylation sites is 2. The fraction of sp³-hybridized carbons (Fsp3) is 0.233. The molecule has 0 N–H and O–H groups in total. The number of aromatic nitrogens is 2. The molecule has 0 saturated carbocycles. The van der Waals surface area contributed by atoms with Crippen molar-refractivity contribution in [2.75, 3.05) is 9.80 Å². The number of hydrogen-bond acceptors (Lipinski definition) is 4. The SMILES string of the molecule is CC(C)(C)c1cc(-c2cc(C(C)(C)C)cc(-c3ccc(-c4ccccc4)cc3)c2N2[CH-]N(c3[c-]c(Oc4[c-]c5c6c(c4)C4(c7ccccc7C(C)(C)c7ccccc74)c4cccc(c46)n5-c4cc(C(C)(C)C)ccn4)ccc3)c3ccccc32)cc(C(C)(C)C)c1.[Pt]. The van der Waals surface area contributed by atoms with E-state index in [1.807, 2.05) is 12.3 Å². The van der Waals surface area contributed by atoms with E-state index >= 15 is 0 Å². The third kappa shape index (κ3) is 9.70. The zero-order valence-electron chi connectivity index (χ0n) is 55.4. The van der Waals surface area contributed by atoms with Gasteiger partial charge in [-0.1, -0.05) is 253 Å². The van der Waals surface area contributed by atoms with Gasteiger partial charge in [-0.15, -0.1) is 48.3 Å². The number of fused-ring (bicyclic) bond motifs is 7. The first-order chi connectivity index (χ1) is 43.4. The molecule has 6 heteroatoms. The van der Waals surface area contributed by atoms with Crippen LogP contribution in [0.4, 0.5) is 22.7 Å². The topological polar surface area (TPSA) is 33.5 Å². The maximum atomic E-state index is 7.35. The van der Waals surface area contributed by atoms with E-state index < -0.39 is 5.41 Å². The number of benzene rings is 10. The van der Waals surface area contributed by atoms with Crippen LogP contribution in [0.15, 0.2) is 219 Å². The summed E-state index contributed by atoms with van der Waals surface area (Å²) in [6, 6.07) is 86.7. The molecule has 0 atom stereocenters. The largest absolute Gasteiger partial charge is 0.509 e. The van der Waals surface area contributed by atoms with Crippen LogP contribution in [0.25, 0.3) is 61.0 Å². The van der Waals surface area contributed by atoms with Gasteiger partial charge in [-0.25, -0.2) is 4.98 Å². The van der Waals surface area contributed by atoms with E-state index in [1.165, 1.54) is 88.7 Å². The number of hydrogen-bond donors (Lipinski definition) is 0. The van der Waals surface area contributed by atoms with Crippen LogP contribution in [0.5, 0.6) is 11.5 Å². The molecule has 1 spiro atoms. The average Bonchev–Trinajstić information content (AvgIpc) is 1.46. The number of nitrogens with zero attached hydrogens (tertiary/aromatic N) is 4. The molecule has 92 heavy (non-hydrogen) atoms. The van der Waals surface area contributed by atoms with Crippen molar-refractivity contribution in [3.8, 4) is 50.7 Å². The van der Waals surface area contributed by atoms with Gasteiger partial charge >= 0.3 is 0 Å². The number of rotatable bonds is 8. The zero-order valence-corrected chi connectivity index (χ0v) is 57.6. The molecular formula is C86H79N4OPt-3. The first-order valence-corrected chi connectivity index (χ1v) is 32.3. The molecule has 2 aromatic heterocycles. The van der Waals surface area contributed by atoms with Gasteiger partial charge in [0.25, 0.3) is 0 Å². The molecule has 12 aromatic rings. The van der Waals surface area contributed by atoms with Gasteiger partial charge in [0.1, 0.15) is 5.82 Å². The summed E-state index contributed by atoms with van der Waals surface area (Å²) in [6.07, 6.45) is 1.95. The van der Waals surface area contributed by atoms with Crippen molar-refractivity contribution in [3.05, 3.63) is 293 Å². The normalized spacial score (nSPS) is 14.6. The number of pyridine rings is 1. The molecule has 0 radical (unpaired) electrons. The second kappa shape index (κ2) is 21.7. The van der Waals surface area contributed by atoms with Crippen LogP contribution in [-0.4, -0.2) is 9.55 Å². The Labute approximate surface area is 559 Å². The number of ether oxygens (including phenoxy) is 1. The molecule has 0 amide bonds. The zero-order chi connectivity index (χ0) is 63.3. The molecular weight excluding hydrogens is 1300 g/mol. The summed E-state index contributed by atoms with van der Waals surface area (Å²) < 4.78 is 9.67. The minimum atomic E-state index is -0.642. The van der Waals surface area contributed by atoms with E-state index in [-0.39, 0.29) is 48.1 Å². The molecule has 15 rings (SSSR count). The molecule has 0 unspecified atom stereocenters. The molecule has 0 bridgehead atoms. The van der Waals surface area contributed by atoms with Gasteiger partial charge in [-0.2, -0.15) is 6.07 Å². The third-order valence-corrected chi connectivity index (χ3v) is 19.8. The molecule has 5 nitrogen and oxygen atoms in total. The monoisotopic (exact) mass is 1380 g/mol. The Morgan fingerprint density at radius 2 is 0.935 bits per heavy atom. The van der Waals surface area contributed by atoms with E-state index in [0.29, 0.717) is 11.5 Å².